The highest BCUT2D eigenvalue weighted by molar-refractivity contribution is 5.59. The molecule has 0 N–H and O–H groups in total. The summed E-state index contributed by atoms with van der Waals surface area (Å²) in [5, 5.41) is 0. The number of aryl methyl sites for hydroxylation is 1. The van der Waals surface area contributed by atoms with E-state index >= 15 is 0 Å². The summed E-state index contributed by atoms with van der Waals surface area (Å²) >= 11 is 0. The maximum atomic E-state index is 2.70. The van der Waals surface area contributed by atoms with Crippen molar-refractivity contribution in [3.05, 3.63) is 28.8 Å². The Hall–Kier alpha value is -1.02. The Balaban J connectivity index is 2.21. The maximum absolute atomic E-state index is 2.70. The molecule has 23 heavy (non-hydrogen) atoms. The van der Waals surface area contributed by atoms with Crippen LogP contribution in [0.15, 0.2) is 12.1 Å². The standard InChI is InChI=1S/C21H36N2/c1-7-11-22(12-8-2)15-20-13-16(3)14-23(20)21-10-9-17(4)18(5)19(21)6/h9-10,16,20H,7-8,11-15H2,1-6H3. The van der Waals surface area contributed by atoms with Gasteiger partial charge in [-0.2, -0.15) is 0 Å². The fourth-order valence-corrected chi connectivity index (χ4v) is 4.10. The molecule has 0 radical (unpaired) electrons. The Kier molecular flexibility index (Phi) is 6.52. The molecule has 1 aromatic carbocycles. The lowest BCUT2D eigenvalue weighted by atomic mass is 10.0. The normalized spacial score (nSPS) is 21.4. The minimum absolute atomic E-state index is 0.670. The summed E-state index contributed by atoms with van der Waals surface area (Å²) in [5.74, 6) is 0.797. The van der Waals surface area contributed by atoms with E-state index in [4.69, 9.17) is 0 Å². The lowest BCUT2D eigenvalue weighted by Crippen LogP contribution is -2.41. The van der Waals surface area contributed by atoms with E-state index in [1.165, 1.54) is 67.8 Å². The molecule has 1 heterocycles. The third-order valence-electron chi connectivity index (χ3n) is 5.51. The quantitative estimate of drug-likeness (QED) is 0.702. The summed E-state index contributed by atoms with van der Waals surface area (Å²) in [5.41, 5.74) is 5.81. The molecule has 2 rings (SSSR count). The molecule has 1 aliphatic rings. The second-order valence-electron chi connectivity index (χ2n) is 7.60. The number of anilines is 1. The SMILES string of the molecule is CCCN(CCC)CC1CC(C)CN1c1ccc(C)c(C)c1C. The van der Waals surface area contributed by atoms with Crippen molar-refractivity contribution in [2.75, 3.05) is 31.1 Å². The van der Waals surface area contributed by atoms with Crippen molar-refractivity contribution in [3.63, 3.8) is 0 Å². The van der Waals surface area contributed by atoms with Crippen LogP contribution < -0.4 is 4.90 Å². The van der Waals surface area contributed by atoms with Crippen molar-refractivity contribution < 1.29 is 0 Å². The highest BCUT2D eigenvalue weighted by atomic mass is 15.2. The average molecular weight is 317 g/mol. The molecule has 130 valence electrons. The molecule has 0 spiro atoms. The predicted octanol–water partition coefficient (Wildman–Crippen LogP) is 4.95. The van der Waals surface area contributed by atoms with Gasteiger partial charge < -0.3 is 9.80 Å². The molecule has 1 saturated heterocycles. The first-order valence-corrected chi connectivity index (χ1v) is 9.53. The number of hydrogen-bond acceptors (Lipinski definition) is 2. The Morgan fingerprint density at radius 3 is 2.30 bits per heavy atom. The zero-order chi connectivity index (χ0) is 17.0. The average Bonchev–Trinajstić information content (AvgIpc) is 2.86. The zero-order valence-electron chi connectivity index (χ0n) is 16.2. The molecular weight excluding hydrogens is 280 g/mol. The minimum Gasteiger partial charge on any atom is -0.367 e. The van der Waals surface area contributed by atoms with Gasteiger partial charge in [-0.15, -0.1) is 0 Å². The van der Waals surface area contributed by atoms with Crippen molar-refractivity contribution >= 4 is 5.69 Å². The largest absolute Gasteiger partial charge is 0.367 e. The van der Waals surface area contributed by atoms with Crippen molar-refractivity contribution in [2.24, 2.45) is 5.92 Å². The van der Waals surface area contributed by atoms with Crippen molar-refractivity contribution in [1.29, 1.82) is 0 Å². The highest BCUT2D eigenvalue weighted by Gasteiger charge is 2.31. The minimum atomic E-state index is 0.670. The summed E-state index contributed by atoms with van der Waals surface area (Å²) in [6.07, 6.45) is 3.84. The van der Waals surface area contributed by atoms with E-state index in [1.807, 2.05) is 0 Å². The van der Waals surface area contributed by atoms with Gasteiger partial charge in [0.05, 0.1) is 0 Å². The molecule has 0 saturated carbocycles. The molecule has 1 fully saturated rings. The van der Waals surface area contributed by atoms with Crippen LogP contribution in [0.2, 0.25) is 0 Å². The monoisotopic (exact) mass is 316 g/mol. The lowest BCUT2D eigenvalue weighted by Gasteiger charge is -2.33. The third-order valence-corrected chi connectivity index (χ3v) is 5.51. The fraction of sp³-hybridized carbons (Fsp3) is 0.714. The summed E-state index contributed by atoms with van der Waals surface area (Å²) in [4.78, 5) is 5.37. The van der Waals surface area contributed by atoms with Gasteiger partial charge in [0, 0.05) is 24.8 Å². The van der Waals surface area contributed by atoms with Crippen molar-refractivity contribution in [2.45, 2.75) is 66.8 Å². The second kappa shape index (κ2) is 8.19. The first-order chi connectivity index (χ1) is 11.0. The first-order valence-electron chi connectivity index (χ1n) is 9.53. The van der Waals surface area contributed by atoms with Crippen molar-refractivity contribution in [3.8, 4) is 0 Å². The van der Waals surface area contributed by atoms with E-state index in [0.717, 1.165) is 5.92 Å². The summed E-state index contributed by atoms with van der Waals surface area (Å²) in [6.45, 7) is 18.7. The lowest BCUT2D eigenvalue weighted by molar-refractivity contribution is 0.255. The number of rotatable bonds is 7. The number of hydrogen-bond donors (Lipinski definition) is 0. The third kappa shape index (κ3) is 4.29. The molecule has 1 aromatic rings. The number of nitrogens with zero attached hydrogens (tertiary/aromatic N) is 2. The summed E-state index contributed by atoms with van der Waals surface area (Å²) in [6, 6.07) is 5.32. The van der Waals surface area contributed by atoms with Gasteiger partial charge in [0.2, 0.25) is 0 Å². The zero-order valence-corrected chi connectivity index (χ0v) is 16.2. The molecule has 0 amide bonds. The highest BCUT2D eigenvalue weighted by Crippen LogP contribution is 2.33. The van der Waals surface area contributed by atoms with Crippen LogP contribution in [0.25, 0.3) is 0 Å². The first kappa shape index (κ1) is 18.3. The summed E-state index contributed by atoms with van der Waals surface area (Å²) < 4.78 is 0. The Morgan fingerprint density at radius 1 is 1.04 bits per heavy atom. The van der Waals surface area contributed by atoms with Crippen LogP contribution in [0, 0.1) is 26.7 Å². The van der Waals surface area contributed by atoms with E-state index in [-0.39, 0.29) is 0 Å². The van der Waals surface area contributed by atoms with Crippen LogP contribution >= 0.6 is 0 Å². The van der Waals surface area contributed by atoms with Gasteiger partial charge in [-0.1, -0.05) is 26.8 Å². The molecule has 0 aliphatic carbocycles. The Morgan fingerprint density at radius 2 is 1.70 bits per heavy atom. The Bertz CT molecular complexity index is 503. The molecular formula is C21H36N2. The van der Waals surface area contributed by atoms with Crippen molar-refractivity contribution in [1.82, 2.24) is 4.90 Å². The molecule has 1 aliphatic heterocycles. The van der Waals surface area contributed by atoms with Crippen LogP contribution in [0.1, 0.15) is 56.7 Å². The predicted molar refractivity (Wildman–Crippen MR) is 103 cm³/mol. The smallest absolute Gasteiger partial charge is 0.0420 e. The molecule has 0 bridgehead atoms. The van der Waals surface area contributed by atoms with Crippen LogP contribution in [0.3, 0.4) is 0 Å². The molecule has 2 atom stereocenters. The maximum Gasteiger partial charge on any atom is 0.0420 e. The van der Waals surface area contributed by atoms with Gasteiger partial charge in [-0.25, -0.2) is 0 Å². The van der Waals surface area contributed by atoms with Crippen LogP contribution in [-0.4, -0.2) is 37.1 Å². The topological polar surface area (TPSA) is 6.48 Å². The van der Waals surface area contributed by atoms with Gasteiger partial charge >= 0.3 is 0 Å². The number of benzene rings is 1. The van der Waals surface area contributed by atoms with E-state index in [2.05, 4.69) is 63.5 Å². The van der Waals surface area contributed by atoms with Gasteiger partial charge in [0.25, 0.3) is 0 Å². The molecule has 2 nitrogen and oxygen atoms in total. The van der Waals surface area contributed by atoms with Crippen LogP contribution in [-0.2, 0) is 0 Å². The van der Waals surface area contributed by atoms with Crippen LogP contribution in [0.4, 0.5) is 5.69 Å². The van der Waals surface area contributed by atoms with E-state index in [1.54, 1.807) is 0 Å². The summed E-state index contributed by atoms with van der Waals surface area (Å²) in [7, 11) is 0. The van der Waals surface area contributed by atoms with Crippen LogP contribution in [0.5, 0.6) is 0 Å². The van der Waals surface area contributed by atoms with Gasteiger partial charge in [0.1, 0.15) is 0 Å². The molecule has 0 aromatic heterocycles. The van der Waals surface area contributed by atoms with Gasteiger partial charge in [-0.05, 0) is 81.8 Å². The van der Waals surface area contributed by atoms with E-state index < -0.39 is 0 Å². The van der Waals surface area contributed by atoms with E-state index in [0.29, 0.717) is 6.04 Å². The second-order valence-corrected chi connectivity index (χ2v) is 7.60. The Labute approximate surface area is 143 Å². The van der Waals surface area contributed by atoms with Gasteiger partial charge in [0.15, 0.2) is 0 Å². The molecule has 2 heteroatoms. The van der Waals surface area contributed by atoms with Gasteiger partial charge in [-0.3, -0.25) is 0 Å². The fourth-order valence-electron chi connectivity index (χ4n) is 4.10. The van der Waals surface area contributed by atoms with E-state index in [9.17, 15) is 0 Å². The molecule has 2 unspecified atom stereocenters.